The topological polar surface area (TPSA) is 108 Å². The fourth-order valence-electron chi connectivity index (χ4n) is 4.49. The normalized spacial score (nSPS) is 19.0. The summed E-state index contributed by atoms with van der Waals surface area (Å²) < 4.78 is 33.9. The summed E-state index contributed by atoms with van der Waals surface area (Å²) in [6.45, 7) is 5.05. The summed E-state index contributed by atoms with van der Waals surface area (Å²) in [5.41, 5.74) is 1.36. The van der Waals surface area contributed by atoms with Gasteiger partial charge in [-0.1, -0.05) is 6.07 Å². The van der Waals surface area contributed by atoms with Gasteiger partial charge in [-0.2, -0.15) is 0 Å². The van der Waals surface area contributed by atoms with Crippen molar-refractivity contribution >= 4 is 39.0 Å². The second-order valence-electron chi connectivity index (χ2n) is 8.68. The molecule has 1 N–H and O–H groups in total. The number of hydrogen-bond acceptors (Lipinski definition) is 8. The Balaban J connectivity index is 0.000000917. The van der Waals surface area contributed by atoms with Crippen LogP contribution in [-0.2, 0) is 19.6 Å². The molecule has 0 saturated carbocycles. The van der Waals surface area contributed by atoms with E-state index >= 15 is 0 Å². The minimum Gasteiger partial charge on any atom is -0.483 e. The predicted octanol–water partition coefficient (Wildman–Crippen LogP) is 1.95. The summed E-state index contributed by atoms with van der Waals surface area (Å²) in [6.07, 6.45) is 2.72. The Morgan fingerprint density at radius 2 is 1.80 bits per heavy atom. The van der Waals surface area contributed by atoms with Crippen molar-refractivity contribution < 1.29 is 23.1 Å². The van der Waals surface area contributed by atoms with Crippen molar-refractivity contribution in [2.45, 2.75) is 17.4 Å². The monoisotopic (exact) mass is 501 g/mol. The summed E-state index contributed by atoms with van der Waals surface area (Å²) in [4.78, 5) is 20.1. The molecule has 0 radical (unpaired) electrons. The van der Waals surface area contributed by atoms with Gasteiger partial charge in [0.25, 0.3) is 16.5 Å². The summed E-state index contributed by atoms with van der Waals surface area (Å²) in [7, 11) is 0.0462. The Morgan fingerprint density at radius 1 is 1.06 bits per heavy atom. The lowest BCUT2D eigenvalue weighted by Crippen LogP contribution is -2.44. The van der Waals surface area contributed by atoms with Crippen LogP contribution in [0.1, 0.15) is 6.42 Å². The van der Waals surface area contributed by atoms with E-state index in [-0.39, 0.29) is 17.5 Å². The van der Waals surface area contributed by atoms with Gasteiger partial charge in [-0.3, -0.25) is 4.79 Å². The van der Waals surface area contributed by atoms with Gasteiger partial charge in [0.1, 0.15) is 5.82 Å². The number of rotatable bonds is 5. The van der Waals surface area contributed by atoms with Crippen molar-refractivity contribution in [2.24, 2.45) is 0 Å². The van der Waals surface area contributed by atoms with E-state index < -0.39 is 10.0 Å². The fraction of sp³-hybridized carbons (Fsp3) is 0.417. The first-order chi connectivity index (χ1) is 16.9. The van der Waals surface area contributed by atoms with Gasteiger partial charge in [-0.05, 0) is 49.9 Å². The highest BCUT2D eigenvalue weighted by Gasteiger charge is 2.25. The molecule has 2 fully saturated rings. The number of aromatic nitrogens is 2. The molecule has 188 valence electrons. The number of anilines is 2. The number of methoxy groups -OCH3 is 1. The average Bonchev–Trinajstić information content (AvgIpc) is 3.52. The number of ether oxygens (including phenoxy) is 1. The molecule has 2 aliphatic rings. The van der Waals surface area contributed by atoms with E-state index in [0.717, 1.165) is 62.6 Å². The lowest BCUT2D eigenvalue weighted by molar-refractivity contribution is -0.122. The third kappa shape index (κ3) is 5.26. The number of likely N-dealkylation sites (N-methyl/N-ethyl adjacent to an activating group) is 1. The fourth-order valence-corrected chi connectivity index (χ4v) is 5.83. The van der Waals surface area contributed by atoms with Crippen LogP contribution in [0.2, 0.25) is 0 Å². The molecule has 0 aliphatic carbocycles. The molecule has 5 rings (SSSR count). The Hall–Kier alpha value is -3.15. The van der Waals surface area contributed by atoms with Crippen LogP contribution in [0, 0.1) is 0 Å². The quantitative estimate of drug-likeness (QED) is 0.525. The van der Waals surface area contributed by atoms with Crippen LogP contribution in [0.15, 0.2) is 53.6 Å². The molecular formula is C24H31N5O5S. The molecular weight excluding hydrogens is 470 g/mol. The van der Waals surface area contributed by atoms with Crippen LogP contribution < -0.4 is 9.80 Å². The van der Waals surface area contributed by atoms with E-state index in [1.165, 1.54) is 3.97 Å². The van der Waals surface area contributed by atoms with E-state index in [1.54, 1.807) is 37.6 Å². The molecule has 1 atom stereocenters. The molecule has 10 nitrogen and oxygen atoms in total. The molecule has 3 aromatic rings. The maximum absolute atomic E-state index is 13.6. The molecule has 2 saturated heterocycles. The highest BCUT2D eigenvalue weighted by atomic mass is 32.2. The van der Waals surface area contributed by atoms with Gasteiger partial charge >= 0.3 is 0 Å². The van der Waals surface area contributed by atoms with Crippen LogP contribution in [0.3, 0.4) is 0 Å². The van der Waals surface area contributed by atoms with Crippen molar-refractivity contribution in [1.29, 1.82) is 0 Å². The smallest absolute Gasteiger partial charge is 0.290 e. The van der Waals surface area contributed by atoms with Crippen LogP contribution in [0.5, 0.6) is 0 Å². The Bertz CT molecular complexity index is 1270. The van der Waals surface area contributed by atoms with Gasteiger partial charge < -0.3 is 24.5 Å². The zero-order valence-electron chi connectivity index (χ0n) is 19.9. The van der Waals surface area contributed by atoms with Crippen molar-refractivity contribution in [3.05, 3.63) is 48.7 Å². The van der Waals surface area contributed by atoms with Crippen molar-refractivity contribution in [3.8, 4) is 0 Å². The zero-order valence-corrected chi connectivity index (χ0v) is 20.8. The third-order valence-electron chi connectivity index (χ3n) is 6.53. The molecule has 1 unspecified atom stereocenters. The minimum absolute atomic E-state index is 0.181. The van der Waals surface area contributed by atoms with E-state index in [9.17, 15) is 8.42 Å². The first kappa shape index (κ1) is 25.0. The number of nitrogens with zero attached hydrogens (tertiary/aromatic N) is 5. The summed E-state index contributed by atoms with van der Waals surface area (Å²) in [6, 6.07) is 12.9. The second kappa shape index (κ2) is 10.6. The van der Waals surface area contributed by atoms with Gasteiger partial charge in [0.05, 0.1) is 11.0 Å². The maximum atomic E-state index is 13.6. The summed E-state index contributed by atoms with van der Waals surface area (Å²) in [5.74, 6) is 0.817. The second-order valence-corrected chi connectivity index (χ2v) is 10.5. The highest BCUT2D eigenvalue weighted by molar-refractivity contribution is 7.90. The first-order valence-corrected chi connectivity index (χ1v) is 12.9. The number of fused-ring (bicyclic) bond motifs is 1. The molecule has 2 aliphatic heterocycles. The molecule has 4 heterocycles. The van der Waals surface area contributed by atoms with E-state index in [4.69, 9.17) is 19.6 Å². The predicted molar refractivity (Wildman–Crippen MR) is 135 cm³/mol. The number of pyridine rings is 1. The number of carbonyl (C=O) groups is 1. The maximum Gasteiger partial charge on any atom is 0.290 e. The van der Waals surface area contributed by atoms with Crippen molar-refractivity contribution in [1.82, 2.24) is 13.9 Å². The SMILES string of the molecule is COC1CCN(c2cccc(S(=O)(=O)n3ccc4ccc(N5CCN(C)CC5)nc43)c2)C1.O=CO. The molecule has 35 heavy (non-hydrogen) atoms. The minimum atomic E-state index is -3.78. The number of piperazine rings is 1. The summed E-state index contributed by atoms with van der Waals surface area (Å²) >= 11 is 0. The van der Waals surface area contributed by atoms with Gasteiger partial charge in [-0.25, -0.2) is 17.4 Å². The third-order valence-corrected chi connectivity index (χ3v) is 8.20. The molecule has 0 spiro atoms. The van der Waals surface area contributed by atoms with Crippen LogP contribution in [-0.4, -0.2) is 93.4 Å². The molecule has 11 heteroatoms. The van der Waals surface area contributed by atoms with E-state index in [1.807, 2.05) is 18.2 Å². The number of benzene rings is 1. The lowest BCUT2D eigenvalue weighted by Gasteiger charge is -2.33. The van der Waals surface area contributed by atoms with Crippen LogP contribution >= 0.6 is 0 Å². The number of hydrogen-bond donors (Lipinski definition) is 1. The molecule has 2 aromatic heterocycles. The lowest BCUT2D eigenvalue weighted by atomic mass is 10.3. The molecule has 0 amide bonds. The average molecular weight is 502 g/mol. The molecule has 0 bridgehead atoms. The van der Waals surface area contributed by atoms with Gasteiger partial charge in [0.2, 0.25) is 0 Å². The Morgan fingerprint density at radius 3 is 2.49 bits per heavy atom. The standard InChI is InChI=1S/C23H29N5O3S.CH2O2/c1-25-12-14-26(15-13-25)22-7-6-18-8-11-28(23(18)24-22)32(29,30)21-5-3-4-19(16-21)27-10-9-20(17-27)31-2;2-1-3/h3-8,11,16,20H,9-10,12-15,17H2,1-2H3;1H,(H,2,3). The van der Waals surface area contributed by atoms with E-state index in [0.29, 0.717) is 5.65 Å². The van der Waals surface area contributed by atoms with Crippen LogP contribution in [0.4, 0.5) is 11.5 Å². The zero-order chi connectivity index (χ0) is 25.0. The largest absolute Gasteiger partial charge is 0.483 e. The van der Waals surface area contributed by atoms with Gasteiger partial charge in [0.15, 0.2) is 5.65 Å². The van der Waals surface area contributed by atoms with Crippen LogP contribution in [0.25, 0.3) is 11.0 Å². The number of carboxylic acid groups (broad SMARTS) is 1. The Labute approximate surface area is 205 Å². The summed E-state index contributed by atoms with van der Waals surface area (Å²) in [5, 5.41) is 7.70. The van der Waals surface area contributed by atoms with Crippen molar-refractivity contribution in [3.63, 3.8) is 0 Å². The highest BCUT2D eigenvalue weighted by Crippen LogP contribution is 2.28. The Kier molecular flexibility index (Phi) is 7.58. The van der Waals surface area contributed by atoms with Gasteiger partial charge in [-0.15, -0.1) is 0 Å². The molecule has 1 aromatic carbocycles. The van der Waals surface area contributed by atoms with Gasteiger partial charge in [0, 0.05) is 63.6 Å². The van der Waals surface area contributed by atoms with Crippen molar-refractivity contribution in [2.75, 3.05) is 63.2 Å². The first-order valence-electron chi connectivity index (χ1n) is 11.5. The van der Waals surface area contributed by atoms with E-state index in [2.05, 4.69) is 21.7 Å².